The first-order valence-corrected chi connectivity index (χ1v) is 6.13. The molecule has 0 amide bonds. The Hall–Kier alpha value is -0.640. The number of aliphatic hydroxyl groups is 1. The van der Waals surface area contributed by atoms with Gasteiger partial charge in [-0.05, 0) is 24.5 Å². The van der Waals surface area contributed by atoms with E-state index in [0.29, 0.717) is 26.1 Å². The summed E-state index contributed by atoms with van der Waals surface area (Å²) in [5.74, 6) is 0. The van der Waals surface area contributed by atoms with Gasteiger partial charge < -0.3 is 9.84 Å². The minimum Gasteiger partial charge on any atom is -0.393 e. The van der Waals surface area contributed by atoms with Crippen LogP contribution in [0.5, 0.6) is 0 Å². The lowest BCUT2D eigenvalue weighted by molar-refractivity contribution is 0.0744. The van der Waals surface area contributed by atoms with Crippen molar-refractivity contribution in [3.63, 3.8) is 0 Å². The van der Waals surface area contributed by atoms with E-state index in [0.717, 1.165) is 10.0 Å². The summed E-state index contributed by atoms with van der Waals surface area (Å²) in [6.45, 7) is 4.72. The summed E-state index contributed by atoms with van der Waals surface area (Å²) in [6, 6.07) is 7.97. The Kier molecular flexibility index (Phi) is 6.38. The molecule has 16 heavy (non-hydrogen) atoms. The fourth-order valence-corrected chi connectivity index (χ4v) is 1.73. The van der Waals surface area contributed by atoms with Crippen LogP contribution in [0.1, 0.15) is 18.4 Å². The van der Waals surface area contributed by atoms with E-state index in [2.05, 4.69) is 22.5 Å². The number of rotatable bonds is 7. The second-order valence-electron chi connectivity index (χ2n) is 3.61. The van der Waals surface area contributed by atoms with E-state index in [4.69, 9.17) is 4.74 Å². The quantitative estimate of drug-likeness (QED) is 0.615. The highest BCUT2D eigenvalue weighted by Gasteiger charge is 2.02. The molecule has 0 fully saturated rings. The number of benzene rings is 1. The molecule has 1 aromatic rings. The molecular weight excluding hydrogens is 268 g/mol. The van der Waals surface area contributed by atoms with Crippen LogP contribution in [0, 0.1) is 0 Å². The Morgan fingerprint density at radius 2 is 2.19 bits per heavy atom. The van der Waals surface area contributed by atoms with Crippen LogP contribution in [0.2, 0.25) is 0 Å². The Morgan fingerprint density at radius 1 is 1.44 bits per heavy atom. The fraction of sp³-hybridized carbons (Fsp3) is 0.385. The molecule has 0 unspecified atom stereocenters. The number of halogens is 1. The number of ether oxygens (including phenoxy) is 1. The summed E-state index contributed by atoms with van der Waals surface area (Å²) >= 11 is 3.46. The summed E-state index contributed by atoms with van der Waals surface area (Å²) in [6.07, 6.45) is 2.66. The topological polar surface area (TPSA) is 29.5 Å². The van der Waals surface area contributed by atoms with Crippen LogP contribution in [0.4, 0.5) is 0 Å². The van der Waals surface area contributed by atoms with E-state index in [-0.39, 0.29) is 6.10 Å². The molecule has 0 saturated carbocycles. The van der Waals surface area contributed by atoms with Crippen molar-refractivity contribution >= 4 is 15.9 Å². The second kappa shape index (κ2) is 7.60. The first-order chi connectivity index (χ1) is 7.74. The van der Waals surface area contributed by atoms with Gasteiger partial charge in [0.05, 0.1) is 12.7 Å². The van der Waals surface area contributed by atoms with Crippen LogP contribution in [-0.2, 0) is 11.3 Å². The third kappa shape index (κ3) is 4.92. The molecule has 1 rings (SSSR count). The van der Waals surface area contributed by atoms with E-state index < -0.39 is 0 Å². The second-order valence-corrected chi connectivity index (χ2v) is 4.47. The highest BCUT2D eigenvalue weighted by molar-refractivity contribution is 9.10. The van der Waals surface area contributed by atoms with Gasteiger partial charge in [-0.1, -0.05) is 40.2 Å². The third-order valence-corrected chi connectivity index (χ3v) is 3.02. The number of hydrogen-bond donors (Lipinski definition) is 1. The number of hydrogen-bond acceptors (Lipinski definition) is 2. The maximum Gasteiger partial charge on any atom is 0.0727 e. The highest BCUT2D eigenvalue weighted by Crippen LogP contribution is 2.16. The largest absolute Gasteiger partial charge is 0.393 e. The van der Waals surface area contributed by atoms with Gasteiger partial charge >= 0.3 is 0 Å². The summed E-state index contributed by atoms with van der Waals surface area (Å²) in [5, 5.41) is 9.44. The van der Waals surface area contributed by atoms with Crippen LogP contribution in [0.25, 0.3) is 0 Å². The SMILES string of the molecule is C=CC[C@@H](O)CCOCc1ccccc1Br. The van der Waals surface area contributed by atoms with Crippen molar-refractivity contribution in [3.05, 3.63) is 47.0 Å². The molecule has 0 spiro atoms. The van der Waals surface area contributed by atoms with Gasteiger partial charge in [0.2, 0.25) is 0 Å². The molecule has 88 valence electrons. The Morgan fingerprint density at radius 3 is 2.88 bits per heavy atom. The van der Waals surface area contributed by atoms with Crippen LogP contribution in [-0.4, -0.2) is 17.8 Å². The molecule has 0 aliphatic carbocycles. The lowest BCUT2D eigenvalue weighted by Gasteiger charge is -2.09. The molecule has 0 saturated heterocycles. The molecule has 2 nitrogen and oxygen atoms in total. The molecule has 0 aliphatic heterocycles. The Labute approximate surface area is 105 Å². The summed E-state index contributed by atoms with van der Waals surface area (Å²) in [5.41, 5.74) is 1.13. The normalized spacial score (nSPS) is 12.4. The highest BCUT2D eigenvalue weighted by atomic mass is 79.9. The standard InChI is InChI=1S/C13H17BrO2/c1-2-5-12(15)8-9-16-10-11-6-3-4-7-13(11)14/h2-4,6-7,12,15H,1,5,8-10H2/t12-/m1/s1. The Balaban J connectivity index is 2.21. The zero-order chi connectivity index (χ0) is 11.8. The van der Waals surface area contributed by atoms with E-state index in [1.165, 1.54) is 0 Å². The number of aliphatic hydroxyl groups excluding tert-OH is 1. The van der Waals surface area contributed by atoms with Gasteiger partial charge in [0.15, 0.2) is 0 Å². The van der Waals surface area contributed by atoms with Crippen molar-refractivity contribution in [2.24, 2.45) is 0 Å². The molecule has 0 aliphatic rings. The lowest BCUT2D eigenvalue weighted by atomic mass is 10.2. The molecular formula is C13H17BrO2. The summed E-state index contributed by atoms with van der Waals surface area (Å²) in [7, 11) is 0. The van der Waals surface area contributed by atoms with E-state index in [1.54, 1.807) is 6.08 Å². The van der Waals surface area contributed by atoms with Gasteiger partial charge in [0.25, 0.3) is 0 Å². The molecule has 1 atom stereocenters. The van der Waals surface area contributed by atoms with Gasteiger partial charge in [-0.15, -0.1) is 6.58 Å². The van der Waals surface area contributed by atoms with Crippen LogP contribution >= 0.6 is 15.9 Å². The zero-order valence-electron chi connectivity index (χ0n) is 9.23. The first kappa shape index (κ1) is 13.4. The smallest absolute Gasteiger partial charge is 0.0727 e. The van der Waals surface area contributed by atoms with Gasteiger partial charge in [-0.3, -0.25) is 0 Å². The molecule has 0 radical (unpaired) electrons. The van der Waals surface area contributed by atoms with Gasteiger partial charge in [-0.2, -0.15) is 0 Å². The Bertz CT molecular complexity index is 325. The molecule has 0 heterocycles. The average molecular weight is 285 g/mol. The minimum absolute atomic E-state index is 0.336. The van der Waals surface area contributed by atoms with Gasteiger partial charge in [-0.25, -0.2) is 0 Å². The molecule has 1 N–H and O–H groups in total. The maximum absolute atomic E-state index is 9.44. The fourth-order valence-electron chi connectivity index (χ4n) is 1.33. The van der Waals surface area contributed by atoms with Crippen molar-refractivity contribution in [2.75, 3.05) is 6.61 Å². The third-order valence-electron chi connectivity index (χ3n) is 2.25. The minimum atomic E-state index is -0.336. The predicted molar refractivity (Wildman–Crippen MR) is 69.2 cm³/mol. The van der Waals surface area contributed by atoms with Gasteiger partial charge in [0.1, 0.15) is 0 Å². The predicted octanol–water partition coefficient (Wildman–Crippen LogP) is 3.29. The maximum atomic E-state index is 9.44. The van der Waals surface area contributed by atoms with Crippen LogP contribution in [0.3, 0.4) is 0 Å². The lowest BCUT2D eigenvalue weighted by Crippen LogP contribution is -2.09. The van der Waals surface area contributed by atoms with E-state index in [9.17, 15) is 5.11 Å². The van der Waals surface area contributed by atoms with Crippen molar-refractivity contribution in [1.82, 2.24) is 0 Å². The van der Waals surface area contributed by atoms with Crippen LogP contribution in [0.15, 0.2) is 41.4 Å². The average Bonchev–Trinajstić information content (AvgIpc) is 2.27. The van der Waals surface area contributed by atoms with Crippen molar-refractivity contribution in [2.45, 2.75) is 25.6 Å². The van der Waals surface area contributed by atoms with Crippen LogP contribution < -0.4 is 0 Å². The summed E-state index contributed by atoms with van der Waals surface area (Å²) < 4.78 is 6.55. The van der Waals surface area contributed by atoms with Crippen molar-refractivity contribution < 1.29 is 9.84 Å². The first-order valence-electron chi connectivity index (χ1n) is 5.34. The molecule has 0 aromatic heterocycles. The van der Waals surface area contributed by atoms with Crippen molar-refractivity contribution in [1.29, 1.82) is 0 Å². The molecule has 1 aromatic carbocycles. The zero-order valence-corrected chi connectivity index (χ0v) is 10.8. The summed E-state index contributed by atoms with van der Waals surface area (Å²) in [4.78, 5) is 0. The van der Waals surface area contributed by atoms with E-state index >= 15 is 0 Å². The monoisotopic (exact) mass is 284 g/mol. The van der Waals surface area contributed by atoms with Gasteiger partial charge in [0, 0.05) is 11.1 Å². The van der Waals surface area contributed by atoms with Crippen molar-refractivity contribution in [3.8, 4) is 0 Å². The molecule has 0 bridgehead atoms. The van der Waals surface area contributed by atoms with E-state index in [1.807, 2.05) is 24.3 Å². The molecule has 3 heteroatoms.